The number of benzene rings is 2. The SMILES string of the molecule is O=C(/C=C/c1ccc(-c2cc(Cl)cc(Cl)c2)o1)NC(=S)Nc1ccc(N2CCCC2)cc1. The Balaban J connectivity index is 1.30. The number of thiocarbonyl (C=S) groups is 1. The quantitative estimate of drug-likeness (QED) is 0.324. The van der Waals surface area contributed by atoms with Crippen molar-refractivity contribution in [3.63, 3.8) is 0 Å². The summed E-state index contributed by atoms with van der Waals surface area (Å²) in [5, 5.41) is 6.92. The average molecular weight is 486 g/mol. The number of hydrogen-bond donors (Lipinski definition) is 2. The first-order valence-electron chi connectivity index (χ1n) is 10.2. The molecule has 3 aromatic rings. The first kappa shape index (κ1) is 22.4. The summed E-state index contributed by atoms with van der Waals surface area (Å²) in [7, 11) is 0. The van der Waals surface area contributed by atoms with E-state index in [0.717, 1.165) is 24.3 Å². The van der Waals surface area contributed by atoms with Crippen LogP contribution in [0, 0.1) is 0 Å². The molecule has 0 aliphatic carbocycles. The Morgan fingerprint density at radius 3 is 2.38 bits per heavy atom. The summed E-state index contributed by atoms with van der Waals surface area (Å²) >= 11 is 17.3. The van der Waals surface area contributed by atoms with Gasteiger partial charge in [0.05, 0.1) is 0 Å². The molecular weight excluding hydrogens is 465 g/mol. The minimum absolute atomic E-state index is 0.224. The predicted octanol–water partition coefficient (Wildman–Crippen LogP) is 6.38. The monoisotopic (exact) mass is 485 g/mol. The maximum absolute atomic E-state index is 12.2. The van der Waals surface area contributed by atoms with Gasteiger partial charge in [0.15, 0.2) is 5.11 Å². The Hall–Kier alpha value is -2.80. The summed E-state index contributed by atoms with van der Waals surface area (Å²) in [5.41, 5.74) is 2.77. The number of carbonyl (C=O) groups excluding carboxylic acids is 1. The van der Waals surface area contributed by atoms with Gasteiger partial charge in [0, 0.05) is 46.1 Å². The van der Waals surface area contributed by atoms with Crippen molar-refractivity contribution < 1.29 is 9.21 Å². The third kappa shape index (κ3) is 5.91. The van der Waals surface area contributed by atoms with E-state index in [4.69, 9.17) is 39.8 Å². The van der Waals surface area contributed by atoms with Crippen LogP contribution in [0.2, 0.25) is 10.0 Å². The topological polar surface area (TPSA) is 57.5 Å². The molecule has 0 atom stereocenters. The van der Waals surface area contributed by atoms with Gasteiger partial charge < -0.3 is 14.6 Å². The molecule has 4 rings (SSSR count). The molecule has 2 aromatic carbocycles. The summed E-state index contributed by atoms with van der Waals surface area (Å²) in [6.45, 7) is 2.19. The van der Waals surface area contributed by atoms with E-state index in [9.17, 15) is 4.79 Å². The highest BCUT2D eigenvalue weighted by molar-refractivity contribution is 7.80. The fourth-order valence-electron chi connectivity index (χ4n) is 3.50. The van der Waals surface area contributed by atoms with Gasteiger partial charge in [-0.05, 0) is 85.7 Å². The van der Waals surface area contributed by atoms with E-state index < -0.39 is 0 Å². The van der Waals surface area contributed by atoms with Crippen molar-refractivity contribution in [3.8, 4) is 11.3 Å². The molecule has 2 heterocycles. The first-order chi connectivity index (χ1) is 15.5. The number of halogens is 2. The van der Waals surface area contributed by atoms with E-state index in [1.807, 2.05) is 12.1 Å². The van der Waals surface area contributed by atoms with Crippen LogP contribution in [0.3, 0.4) is 0 Å². The number of hydrogen-bond acceptors (Lipinski definition) is 4. The largest absolute Gasteiger partial charge is 0.457 e. The lowest BCUT2D eigenvalue weighted by Crippen LogP contribution is -2.32. The fourth-order valence-corrected chi connectivity index (χ4v) is 4.24. The van der Waals surface area contributed by atoms with E-state index in [0.29, 0.717) is 21.6 Å². The van der Waals surface area contributed by atoms with Gasteiger partial charge in [0.1, 0.15) is 11.5 Å². The molecule has 1 amide bonds. The number of nitrogens with zero attached hydrogens (tertiary/aromatic N) is 1. The minimum atomic E-state index is -0.361. The van der Waals surface area contributed by atoms with E-state index in [-0.39, 0.29) is 11.0 Å². The summed E-state index contributed by atoms with van der Waals surface area (Å²) in [4.78, 5) is 14.6. The number of anilines is 2. The van der Waals surface area contributed by atoms with Crippen molar-refractivity contribution in [2.75, 3.05) is 23.3 Å². The van der Waals surface area contributed by atoms with E-state index in [1.165, 1.54) is 24.6 Å². The molecule has 32 heavy (non-hydrogen) atoms. The van der Waals surface area contributed by atoms with Crippen LogP contribution >= 0.6 is 35.4 Å². The average Bonchev–Trinajstić information content (AvgIpc) is 3.44. The molecule has 0 saturated carbocycles. The molecule has 0 spiro atoms. The molecule has 1 aliphatic heterocycles. The van der Waals surface area contributed by atoms with Crippen molar-refractivity contribution in [1.82, 2.24) is 5.32 Å². The molecule has 8 heteroatoms. The van der Waals surface area contributed by atoms with Crippen molar-refractivity contribution in [2.24, 2.45) is 0 Å². The molecule has 0 bridgehead atoms. The first-order valence-corrected chi connectivity index (χ1v) is 11.3. The summed E-state index contributed by atoms with van der Waals surface area (Å²) in [6.07, 6.45) is 5.40. The van der Waals surface area contributed by atoms with Gasteiger partial charge in [-0.1, -0.05) is 23.2 Å². The van der Waals surface area contributed by atoms with Crippen LogP contribution in [-0.4, -0.2) is 24.1 Å². The van der Waals surface area contributed by atoms with Crippen LogP contribution in [-0.2, 0) is 4.79 Å². The number of amides is 1. The Labute approximate surface area is 202 Å². The van der Waals surface area contributed by atoms with E-state index in [2.05, 4.69) is 27.7 Å². The van der Waals surface area contributed by atoms with Crippen molar-refractivity contribution >= 4 is 63.9 Å². The fraction of sp³-hybridized carbons (Fsp3) is 0.167. The van der Waals surface area contributed by atoms with Crippen LogP contribution in [0.15, 0.2) is 65.1 Å². The lowest BCUT2D eigenvalue weighted by atomic mass is 10.2. The lowest BCUT2D eigenvalue weighted by molar-refractivity contribution is -0.115. The van der Waals surface area contributed by atoms with Crippen LogP contribution in [0.5, 0.6) is 0 Å². The number of rotatable bonds is 5. The molecule has 2 N–H and O–H groups in total. The van der Waals surface area contributed by atoms with Gasteiger partial charge in [-0.15, -0.1) is 0 Å². The highest BCUT2D eigenvalue weighted by Gasteiger charge is 2.12. The molecule has 1 aromatic heterocycles. The van der Waals surface area contributed by atoms with Crippen molar-refractivity contribution in [2.45, 2.75) is 12.8 Å². The van der Waals surface area contributed by atoms with Crippen LogP contribution in [0.1, 0.15) is 18.6 Å². The third-order valence-corrected chi connectivity index (χ3v) is 5.65. The number of furan rings is 1. The molecule has 0 radical (unpaired) electrons. The van der Waals surface area contributed by atoms with Gasteiger partial charge in [-0.25, -0.2) is 0 Å². The summed E-state index contributed by atoms with van der Waals surface area (Å²) in [5.74, 6) is 0.756. The molecule has 164 valence electrons. The van der Waals surface area contributed by atoms with Gasteiger partial charge in [-0.2, -0.15) is 0 Å². The van der Waals surface area contributed by atoms with Gasteiger partial charge in [0.2, 0.25) is 5.91 Å². The van der Waals surface area contributed by atoms with Crippen LogP contribution < -0.4 is 15.5 Å². The maximum atomic E-state index is 12.2. The summed E-state index contributed by atoms with van der Waals surface area (Å²) in [6, 6.07) is 16.7. The van der Waals surface area contributed by atoms with Crippen molar-refractivity contribution in [3.05, 3.63) is 76.5 Å². The molecule has 5 nitrogen and oxygen atoms in total. The zero-order valence-electron chi connectivity index (χ0n) is 17.1. The lowest BCUT2D eigenvalue weighted by Gasteiger charge is -2.18. The minimum Gasteiger partial charge on any atom is -0.457 e. The Kier molecular flexibility index (Phi) is 7.15. The molecular formula is C24H21Cl2N3O2S. The summed E-state index contributed by atoms with van der Waals surface area (Å²) < 4.78 is 5.75. The zero-order valence-corrected chi connectivity index (χ0v) is 19.4. The second-order valence-electron chi connectivity index (χ2n) is 7.38. The normalized spacial score (nSPS) is 13.5. The third-order valence-electron chi connectivity index (χ3n) is 5.01. The second kappa shape index (κ2) is 10.2. The van der Waals surface area contributed by atoms with Crippen molar-refractivity contribution in [1.29, 1.82) is 0 Å². The van der Waals surface area contributed by atoms with E-state index in [1.54, 1.807) is 36.4 Å². The standard InChI is InChI=1S/C24H21Cl2N3O2S/c25-17-13-16(14-18(26)15-17)22-9-7-21(31-22)8-10-23(30)28-24(32)27-19-3-5-20(6-4-19)29-11-1-2-12-29/h3-10,13-15H,1-2,11-12H2,(H2,27,28,30,32)/b10-8+. The molecule has 1 saturated heterocycles. The molecule has 0 unspecified atom stereocenters. The Morgan fingerprint density at radius 1 is 1.00 bits per heavy atom. The second-order valence-corrected chi connectivity index (χ2v) is 8.66. The zero-order chi connectivity index (χ0) is 22.5. The van der Waals surface area contributed by atoms with Gasteiger partial charge >= 0.3 is 0 Å². The number of nitrogens with one attached hydrogen (secondary N) is 2. The van der Waals surface area contributed by atoms with Gasteiger partial charge in [-0.3, -0.25) is 10.1 Å². The molecule has 1 fully saturated rings. The van der Waals surface area contributed by atoms with Gasteiger partial charge in [0.25, 0.3) is 0 Å². The maximum Gasteiger partial charge on any atom is 0.250 e. The van der Waals surface area contributed by atoms with Crippen LogP contribution in [0.25, 0.3) is 17.4 Å². The smallest absolute Gasteiger partial charge is 0.250 e. The highest BCUT2D eigenvalue weighted by atomic mass is 35.5. The number of carbonyl (C=O) groups is 1. The predicted molar refractivity (Wildman–Crippen MR) is 135 cm³/mol. The highest BCUT2D eigenvalue weighted by Crippen LogP contribution is 2.29. The van der Waals surface area contributed by atoms with Crippen LogP contribution in [0.4, 0.5) is 11.4 Å². The Bertz CT molecular complexity index is 1130. The molecule has 1 aliphatic rings. The van der Waals surface area contributed by atoms with E-state index >= 15 is 0 Å². The Morgan fingerprint density at radius 2 is 1.69 bits per heavy atom.